The molecule has 3 aliphatic heterocycles. The van der Waals surface area contributed by atoms with Gasteiger partial charge in [-0.3, -0.25) is 9.59 Å². The number of thioether (sulfide) groups is 2. The summed E-state index contributed by atoms with van der Waals surface area (Å²) in [6.45, 7) is 9.16. The molecular weight excluding hydrogens is 557 g/mol. The van der Waals surface area contributed by atoms with Crippen LogP contribution < -0.4 is 5.32 Å². The molecule has 1 fully saturated rings. The Morgan fingerprint density at radius 2 is 1.29 bits per heavy atom. The second-order valence-corrected chi connectivity index (χ2v) is 15.8. The maximum absolute atomic E-state index is 12.7. The van der Waals surface area contributed by atoms with Gasteiger partial charge < -0.3 is 10.2 Å². The molecule has 7 rings (SSSR count). The van der Waals surface area contributed by atoms with E-state index in [1.807, 2.05) is 30.4 Å². The minimum atomic E-state index is -0.0359. The molecule has 2 aliphatic carbocycles. The number of allylic oxidation sites excluding steroid dienone is 2. The van der Waals surface area contributed by atoms with Crippen molar-refractivity contribution in [2.45, 2.75) is 81.6 Å². The van der Waals surface area contributed by atoms with E-state index >= 15 is 0 Å². The molecule has 4 nitrogen and oxygen atoms in total. The van der Waals surface area contributed by atoms with E-state index in [2.05, 4.69) is 72.6 Å². The largest absolute Gasteiger partial charge is 0.356 e. The Bertz CT molecular complexity index is 1440. The molecule has 2 atom stereocenters. The van der Waals surface area contributed by atoms with Crippen molar-refractivity contribution in [3.8, 4) is 0 Å². The van der Waals surface area contributed by atoms with Gasteiger partial charge in [-0.1, -0.05) is 48.5 Å². The molecule has 2 aromatic rings. The fourth-order valence-corrected chi connectivity index (χ4v) is 10.3. The highest BCUT2D eigenvalue weighted by Crippen LogP contribution is 2.52. The van der Waals surface area contributed by atoms with E-state index in [-0.39, 0.29) is 15.4 Å². The third-order valence-corrected chi connectivity index (χ3v) is 12.7. The smallest absolute Gasteiger partial charge is 0.224 e. The van der Waals surface area contributed by atoms with Crippen LogP contribution in [0.15, 0.2) is 59.7 Å². The Kier molecular flexibility index (Phi) is 8.66. The molecule has 222 valence electrons. The van der Waals surface area contributed by atoms with Crippen LogP contribution in [-0.2, 0) is 22.4 Å². The number of hydrogen-bond acceptors (Lipinski definition) is 4. The molecule has 2 unspecified atom stereocenters. The van der Waals surface area contributed by atoms with Crippen molar-refractivity contribution in [3.63, 3.8) is 0 Å². The van der Waals surface area contributed by atoms with Gasteiger partial charge in [0, 0.05) is 42.0 Å². The number of amides is 2. The monoisotopic (exact) mass is 600 g/mol. The van der Waals surface area contributed by atoms with Crippen LogP contribution in [0, 0.1) is 0 Å². The van der Waals surface area contributed by atoms with Crippen molar-refractivity contribution in [2.75, 3.05) is 31.1 Å². The van der Waals surface area contributed by atoms with Crippen molar-refractivity contribution in [3.05, 3.63) is 81.9 Å². The van der Waals surface area contributed by atoms with Crippen molar-refractivity contribution in [1.82, 2.24) is 10.2 Å². The third kappa shape index (κ3) is 5.74. The molecular formula is C36H44N2O2S2. The lowest BCUT2D eigenvalue weighted by molar-refractivity contribution is -0.130. The van der Waals surface area contributed by atoms with Gasteiger partial charge in [0.05, 0.1) is 0 Å². The van der Waals surface area contributed by atoms with E-state index in [9.17, 15) is 9.59 Å². The Labute approximate surface area is 260 Å². The van der Waals surface area contributed by atoms with Crippen molar-refractivity contribution >= 4 is 46.5 Å². The van der Waals surface area contributed by atoms with Crippen LogP contribution >= 0.6 is 23.5 Å². The molecule has 1 saturated heterocycles. The molecule has 2 aromatic carbocycles. The van der Waals surface area contributed by atoms with Crippen LogP contribution in [0.25, 0.3) is 11.1 Å². The standard InChI is InChI=1S/C19H23NOS.C17H21NOS/c1-19(13-18(21)20-9-4-5-10-20)17-12-14-6-2-3-7-15(14)16(17)8-11-22-19;1-3-18-16(19)11-17(2)15-10-12-6-4-5-7-13(12)14(15)8-9-20-17/h2-3,6-7H,4-5,8-13H2,1H3;4-7H,3,8-11H2,1-2H3,(H,18,19). The maximum Gasteiger partial charge on any atom is 0.224 e. The first-order valence-electron chi connectivity index (χ1n) is 15.8. The van der Waals surface area contributed by atoms with Crippen molar-refractivity contribution in [2.24, 2.45) is 0 Å². The summed E-state index contributed by atoms with van der Waals surface area (Å²) in [5.74, 6) is 2.78. The first-order chi connectivity index (χ1) is 20.3. The molecule has 6 heteroatoms. The molecule has 0 aromatic heterocycles. The second kappa shape index (κ2) is 12.3. The molecule has 0 radical (unpaired) electrons. The Morgan fingerprint density at radius 1 is 0.786 bits per heavy atom. The third-order valence-electron chi connectivity index (χ3n) is 9.79. The molecule has 0 spiro atoms. The zero-order valence-corrected chi connectivity index (χ0v) is 27.0. The number of benzene rings is 2. The quantitative estimate of drug-likeness (QED) is 0.391. The Hall–Kier alpha value is -2.44. The fourth-order valence-electron chi connectivity index (χ4n) is 7.62. The summed E-state index contributed by atoms with van der Waals surface area (Å²) in [4.78, 5) is 26.8. The first kappa shape index (κ1) is 29.6. The number of nitrogens with one attached hydrogen (secondary N) is 1. The van der Waals surface area contributed by atoms with Gasteiger partial charge in [0.1, 0.15) is 0 Å². The Morgan fingerprint density at radius 3 is 1.81 bits per heavy atom. The number of carbonyl (C=O) groups excluding carboxylic acids is 2. The van der Waals surface area contributed by atoms with Gasteiger partial charge in [-0.05, 0) is 115 Å². The Balaban J connectivity index is 0.000000151. The van der Waals surface area contributed by atoms with Crippen LogP contribution in [0.1, 0.15) is 81.5 Å². The summed E-state index contributed by atoms with van der Waals surface area (Å²) in [5, 5.41) is 2.94. The second-order valence-electron chi connectivity index (χ2n) is 12.6. The molecule has 5 aliphatic rings. The van der Waals surface area contributed by atoms with Crippen LogP contribution in [0.3, 0.4) is 0 Å². The van der Waals surface area contributed by atoms with Crippen LogP contribution in [0.2, 0.25) is 0 Å². The fraction of sp³-hybridized carbons (Fsp3) is 0.500. The number of likely N-dealkylation sites (tertiary alicyclic amines) is 1. The zero-order chi connectivity index (χ0) is 29.3. The van der Waals surface area contributed by atoms with Crippen LogP contribution in [0.4, 0.5) is 0 Å². The van der Waals surface area contributed by atoms with Crippen molar-refractivity contribution < 1.29 is 9.59 Å². The molecule has 3 heterocycles. The van der Waals surface area contributed by atoms with E-state index in [0.717, 1.165) is 50.3 Å². The van der Waals surface area contributed by atoms with Gasteiger partial charge >= 0.3 is 0 Å². The number of hydrogen-bond donors (Lipinski definition) is 1. The average molecular weight is 601 g/mol. The van der Waals surface area contributed by atoms with Crippen molar-refractivity contribution in [1.29, 1.82) is 0 Å². The summed E-state index contributed by atoms with van der Waals surface area (Å²) in [5.41, 5.74) is 11.8. The van der Waals surface area contributed by atoms with Gasteiger partial charge in [-0.15, -0.1) is 0 Å². The first-order valence-corrected chi connectivity index (χ1v) is 17.7. The highest BCUT2D eigenvalue weighted by molar-refractivity contribution is 8.01. The highest BCUT2D eigenvalue weighted by Gasteiger charge is 2.42. The summed E-state index contributed by atoms with van der Waals surface area (Å²) in [6.07, 6.45) is 7.98. The van der Waals surface area contributed by atoms with E-state index in [0.29, 0.717) is 25.3 Å². The summed E-state index contributed by atoms with van der Waals surface area (Å²) in [6, 6.07) is 17.5. The highest BCUT2D eigenvalue weighted by atomic mass is 32.2. The molecule has 0 bridgehead atoms. The number of fused-ring (bicyclic) bond motifs is 4. The topological polar surface area (TPSA) is 49.4 Å². The minimum Gasteiger partial charge on any atom is -0.356 e. The summed E-state index contributed by atoms with van der Waals surface area (Å²) < 4.78 is -0.0435. The van der Waals surface area contributed by atoms with E-state index in [1.165, 1.54) is 57.4 Å². The average Bonchev–Trinajstić information content (AvgIpc) is 3.73. The van der Waals surface area contributed by atoms with Gasteiger partial charge in [0.2, 0.25) is 11.8 Å². The minimum absolute atomic E-state index is 0.00766. The lowest BCUT2D eigenvalue weighted by atomic mass is 9.90. The van der Waals surface area contributed by atoms with Crippen LogP contribution in [-0.4, -0.2) is 57.3 Å². The van der Waals surface area contributed by atoms with Gasteiger partial charge in [0.15, 0.2) is 0 Å². The lowest BCUT2D eigenvalue weighted by Crippen LogP contribution is -2.37. The molecule has 1 N–H and O–H groups in total. The normalized spacial score (nSPS) is 25.7. The predicted octanol–water partition coefficient (Wildman–Crippen LogP) is 7.32. The lowest BCUT2D eigenvalue weighted by Gasteiger charge is -2.36. The molecule has 0 saturated carbocycles. The predicted molar refractivity (Wildman–Crippen MR) is 179 cm³/mol. The van der Waals surface area contributed by atoms with Gasteiger partial charge in [-0.25, -0.2) is 0 Å². The van der Waals surface area contributed by atoms with E-state index in [1.54, 1.807) is 0 Å². The number of rotatable bonds is 5. The number of carbonyl (C=O) groups is 2. The zero-order valence-electron chi connectivity index (χ0n) is 25.4. The maximum atomic E-state index is 12.7. The van der Waals surface area contributed by atoms with E-state index in [4.69, 9.17) is 0 Å². The van der Waals surface area contributed by atoms with E-state index < -0.39 is 0 Å². The van der Waals surface area contributed by atoms with Crippen LogP contribution in [0.5, 0.6) is 0 Å². The van der Waals surface area contributed by atoms with Gasteiger partial charge in [-0.2, -0.15) is 23.5 Å². The summed E-state index contributed by atoms with van der Waals surface area (Å²) in [7, 11) is 0. The SMILES string of the molecule is CC1(CC(=O)N2CCCC2)SCCC2=C1Cc1ccccc12.CCNC(=O)CC1(C)SCCC2=C1Cc1ccccc12. The number of nitrogens with zero attached hydrogens (tertiary/aromatic N) is 1. The van der Waals surface area contributed by atoms with Gasteiger partial charge in [0.25, 0.3) is 0 Å². The molecule has 2 amide bonds. The molecule has 42 heavy (non-hydrogen) atoms. The summed E-state index contributed by atoms with van der Waals surface area (Å²) >= 11 is 3.94.